The van der Waals surface area contributed by atoms with E-state index in [-0.39, 0.29) is 11.3 Å². The number of anilines is 1. The lowest BCUT2D eigenvalue weighted by Gasteiger charge is -2.09. The molecule has 3 rings (SSSR count). The van der Waals surface area contributed by atoms with Crippen LogP contribution in [-0.4, -0.2) is 28.3 Å². The van der Waals surface area contributed by atoms with E-state index in [4.69, 9.17) is 4.74 Å². The summed E-state index contributed by atoms with van der Waals surface area (Å²) in [6.07, 6.45) is 0. The van der Waals surface area contributed by atoms with Gasteiger partial charge in [-0.1, -0.05) is 36.4 Å². The first kappa shape index (κ1) is 16.4. The van der Waals surface area contributed by atoms with E-state index in [0.717, 1.165) is 4.68 Å². The Hall–Kier alpha value is -3.48. The summed E-state index contributed by atoms with van der Waals surface area (Å²) in [4.78, 5) is 36.2. The molecule has 3 aromatic rings. The summed E-state index contributed by atoms with van der Waals surface area (Å²) in [5.41, 5.74) is 0.286. The van der Waals surface area contributed by atoms with Crippen LogP contribution >= 0.6 is 0 Å². The highest BCUT2D eigenvalue weighted by molar-refractivity contribution is 6.03. The van der Waals surface area contributed by atoms with E-state index >= 15 is 0 Å². The number of hydrogen-bond donors (Lipinski definition) is 1. The SMILES string of the molecule is Cn1nc(C(=O)OCC(=O)Nc2ccccc2)c2ccccc2c1=O. The van der Waals surface area contributed by atoms with Gasteiger partial charge in [0.2, 0.25) is 0 Å². The Balaban J connectivity index is 1.76. The lowest BCUT2D eigenvalue weighted by atomic mass is 10.1. The second kappa shape index (κ2) is 6.96. The minimum absolute atomic E-state index is 0.00906. The molecule has 0 saturated carbocycles. The maximum absolute atomic E-state index is 12.3. The van der Waals surface area contributed by atoms with Gasteiger partial charge in [-0.05, 0) is 18.2 Å². The molecule has 0 spiro atoms. The molecule has 7 heteroatoms. The maximum Gasteiger partial charge on any atom is 0.359 e. The van der Waals surface area contributed by atoms with Crippen LogP contribution in [0.3, 0.4) is 0 Å². The molecule has 0 fully saturated rings. The van der Waals surface area contributed by atoms with Crippen molar-refractivity contribution in [3.05, 3.63) is 70.6 Å². The lowest BCUT2D eigenvalue weighted by Crippen LogP contribution is -2.26. The van der Waals surface area contributed by atoms with Gasteiger partial charge in [0.15, 0.2) is 12.3 Å². The van der Waals surface area contributed by atoms with Crippen molar-refractivity contribution in [1.29, 1.82) is 0 Å². The van der Waals surface area contributed by atoms with Crippen LogP contribution in [0.2, 0.25) is 0 Å². The number of aryl methyl sites for hydroxylation is 1. The minimum Gasteiger partial charge on any atom is -0.451 e. The third-order valence-electron chi connectivity index (χ3n) is 3.54. The van der Waals surface area contributed by atoms with Gasteiger partial charge in [0.25, 0.3) is 11.5 Å². The Morgan fingerprint density at radius 1 is 1.04 bits per heavy atom. The molecule has 1 heterocycles. The van der Waals surface area contributed by atoms with Crippen molar-refractivity contribution in [2.24, 2.45) is 7.05 Å². The molecule has 1 amide bonds. The Labute approximate surface area is 142 Å². The number of benzene rings is 2. The Morgan fingerprint density at radius 3 is 2.40 bits per heavy atom. The zero-order chi connectivity index (χ0) is 17.8. The van der Waals surface area contributed by atoms with Crippen molar-refractivity contribution in [3.63, 3.8) is 0 Å². The molecule has 0 bridgehead atoms. The zero-order valence-corrected chi connectivity index (χ0v) is 13.4. The molecule has 0 aliphatic rings. The van der Waals surface area contributed by atoms with E-state index < -0.39 is 18.5 Å². The fourth-order valence-corrected chi connectivity index (χ4v) is 2.37. The van der Waals surface area contributed by atoms with Crippen molar-refractivity contribution in [3.8, 4) is 0 Å². The van der Waals surface area contributed by atoms with Gasteiger partial charge < -0.3 is 10.1 Å². The van der Waals surface area contributed by atoms with Crippen LogP contribution in [0.25, 0.3) is 10.8 Å². The number of esters is 1. The molecule has 7 nitrogen and oxygen atoms in total. The molecular formula is C18H15N3O4. The molecule has 1 aromatic heterocycles. The van der Waals surface area contributed by atoms with Crippen molar-refractivity contribution in [1.82, 2.24) is 9.78 Å². The molecule has 1 N–H and O–H groups in total. The number of rotatable bonds is 4. The van der Waals surface area contributed by atoms with Crippen molar-refractivity contribution in [2.45, 2.75) is 0 Å². The van der Waals surface area contributed by atoms with Crippen LogP contribution in [-0.2, 0) is 16.6 Å². The summed E-state index contributed by atoms with van der Waals surface area (Å²) in [7, 11) is 1.45. The monoisotopic (exact) mass is 337 g/mol. The number of hydrogen-bond acceptors (Lipinski definition) is 5. The van der Waals surface area contributed by atoms with Gasteiger partial charge in [-0.25, -0.2) is 9.48 Å². The largest absolute Gasteiger partial charge is 0.451 e. The third-order valence-corrected chi connectivity index (χ3v) is 3.54. The molecule has 0 saturated heterocycles. The van der Waals surface area contributed by atoms with Gasteiger partial charge in [-0.15, -0.1) is 0 Å². The molecule has 0 aliphatic carbocycles. The molecule has 0 radical (unpaired) electrons. The van der Waals surface area contributed by atoms with Crippen LogP contribution in [0, 0.1) is 0 Å². The average molecular weight is 337 g/mol. The predicted octanol–water partition coefficient (Wildman–Crippen LogP) is 1.73. The molecule has 126 valence electrons. The fraction of sp³-hybridized carbons (Fsp3) is 0.111. The second-order valence-electron chi connectivity index (χ2n) is 5.31. The van der Waals surface area contributed by atoms with E-state index in [0.29, 0.717) is 16.5 Å². The highest BCUT2D eigenvalue weighted by Gasteiger charge is 2.18. The molecule has 25 heavy (non-hydrogen) atoms. The molecule has 0 aliphatic heterocycles. The topological polar surface area (TPSA) is 90.3 Å². The Morgan fingerprint density at radius 2 is 1.68 bits per heavy atom. The number of carbonyl (C=O) groups is 2. The third kappa shape index (κ3) is 3.55. The standard InChI is InChI=1S/C18H15N3O4/c1-21-17(23)14-10-6-5-9-13(14)16(20-21)18(24)25-11-15(22)19-12-7-3-2-4-8-12/h2-10H,11H2,1H3,(H,19,22). The number of ether oxygens (including phenoxy) is 1. The first-order chi connectivity index (χ1) is 12.1. The highest BCUT2D eigenvalue weighted by atomic mass is 16.5. The summed E-state index contributed by atoms with van der Waals surface area (Å²) < 4.78 is 6.11. The molecule has 0 atom stereocenters. The summed E-state index contributed by atoms with van der Waals surface area (Å²) in [6.45, 7) is -0.452. The quantitative estimate of drug-likeness (QED) is 0.732. The van der Waals surface area contributed by atoms with E-state index in [1.807, 2.05) is 6.07 Å². The van der Waals surface area contributed by atoms with Crippen molar-refractivity contribution >= 4 is 28.3 Å². The molecule has 2 aromatic carbocycles. The Bertz CT molecular complexity index is 996. The van der Waals surface area contributed by atoms with Gasteiger partial charge in [0.05, 0.1) is 5.39 Å². The highest BCUT2D eigenvalue weighted by Crippen LogP contribution is 2.14. The van der Waals surface area contributed by atoms with E-state index in [1.165, 1.54) is 7.05 Å². The number of para-hydroxylation sites is 1. The number of amides is 1. The van der Waals surface area contributed by atoms with Crippen molar-refractivity contribution in [2.75, 3.05) is 11.9 Å². The first-order valence-electron chi connectivity index (χ1n) is 7.54. The molecule has 0 unspecified atom stereocenters. The number of carbonyl (C=O) groups excluding carboxylic acids is 2. The lowest BCUT2D eigenvalue weighted by molar-refractivity contribution is -0.119. The van der Waals surface area contributed by atoms with Crippen LogP contribution in [0.4, 0.5) is 5.69 Å². The van der Waals surface area contributed by atoms with E-state index in [9.17, 15) is 14.4 Å². The normalized spacial score (nSPS) is 10.4. The van der Waals surface area contributed by atoms with Gasteiger partial charge in [-0.2, -0.15) is 5.10 Å². The van der Waals surface area contributed by atoms with Gasteiger partial charge in [0.1, 0.15) is 0 Å². The number of nitrogens with one attached hydrogen (secondary N) is 1. The average Bonchev–Trinajstić information content (AvgIpc) is 2.63. The van der Waals surface area contributed by atoms with Crippen LogP contribution in [0.5, 0.6) is 0 Å². The number of fused-ring (bicyclic) bond motifs is 1. The van der Waals surface area contributed by atoms with Crippen LogP contribution in [0.15, 0.2) is 59.4 Å². The molecular weight excluding hydrogens is 322 g/mol. The smallest absolute Gasteiger partial charge is 0.359 e. The van der Waals surface area contributed by atoms with Crippen LogP contribution < -0.4 is 10.9 Å². The minimum atomic E-state index is -0.769. The van der Waals surface area contributed by atoms with Gasteiger partial charge in [-0.3, -0.25) is 9.59 Å². The number of nitrogens with zero attached hydrogens (tertiary/aromatic N) is 2. The van der Waals surface area contributed by atoms with Crippen molar-refractivity contribution < 1.29 is 14.3 Å². The first-order valence-corrected chi connectivity index (χ1v) is 7.54. The summed E-state index contributed by atoms with van der Waals surface area (Å²) in [6, 6.07) is 15.5. The van der Waals surface area contributed by atoms with Gasteiger partial charge in [0, 0.05) is 18.1 Å². The Kier molecular flexibility index (Phi) is 4.56. The fourth-order valence-electron chi connectivity index (χ4n) is 2.37. The zero-order valence-electron chi connectivity index (χ0n) is 13.4. The van der Waals surface area contributed by atoms with E-state index in [1.54, 1.807) is 48.5 Å². The summed E-state index contributed by atoms with van der Waals surface area (Å²) >= 11 is 0. The maximum atomic E-state index is 12.3. The van der Waals surface area contributed by atoms with Gasteiger partial charge >= 0.3 is 5.97 Å². The summed E-state index contributed by atoms with van der Waals surface area (Å²) in [5.74, 6) is -1.23. The number of aromatic nitrogens is 2. The second-order valence-corrected chi connectivity index (χ2v) is 5.31. The van der Waals surface area contributed by atoms with E-state index in [2.05, 4.69) is 10.4 Å². The van der Waals surface area contributed by atoms with Crippen LogP contribution in [0.1, 0.15) is 10.5 Å². The summed E-state index contributed by atoms with van der Waals surface area (Å²) in [5, 5.41) is 7.33. The predicted molar refractivity (Wildman–Crippen MR) is 92.3 cm³/mol.